The molecule has 0 saturated carbocycles. The Morgan fingerprint density at radius 2 is 0.851 bits per heavy atom. The third-order valence-electron chi connectivity index (χ3n) is 10.3. The van der Waals surface area contributed by atoms with Gasteiger partial charge >= 0.3 is 0 Å². The molecule has 6 rings (SSSR count). The minimum Gasteiger partial charge on any atom is -0.300 e. The predicted molar refractivity (Wildman–Crippen MR) is 204 cm³/mol. The van der Waals surface area contributed by atoms with E-state index < -0.39 is 7.92 Å². The number of carbonyl (C=O) groups is 1. The van der Waals surface area contributed by atoms with E-state index in [1.165, 1.54) is 72.1 Å². The summed E-state index contributed by atoms with van der Waals surface area (Å²) in [6.45, 7) is 18.0. The van der Waals surface area contributed by atoms with E-state index in [9.17, 15) is 4.79 Å². The summed E-state index contributed by atoms with van der Waals surface area (Å²) in [5, 5.41) is 1.45. The SMILES string of the molecule is Cc1cccc(C)c1-c1cccc(-c2c(C)cccc2C)c1P1C(c2ccc(C(C)C)cc2)CC(=O)CC1c1ccc(C(C)C)cc1. The van der Waals surface area contributed by atoms with Crippen molar-refractivity contribution in [1.29, 1.82) is 0 Å². The molecule has 0 amide bonds. The molecular weight excluding hydrogens is 587 g/mol. The highest BCUT2D eigenvalue weighted by Gasteiger charge is 2.42. The summed E-state index contributed by atoms with van der Waals surface area (Å²) >= 11 is 0. The number of carbonyl (C=O) groups excluding carboxylic acids is 1. The fourth-order valence-electron chi connectivity index (χ4n) is 7.71. The first-order chi connectivity index (χ1) is 22.5. The van der Waals surface area contributed by atoms with Gasteiger partial charge in [-0.1, -0.05) is 139 Å². The zero-order valence-corrected chi connectivity index (χ0v) is 30.3. The Kier molecular flexibility index (Phi) is 9.68. The molecule has 2 atom stereocenters. The first-order valence-electron chi connectivity index (χ1n) is 17.3. The summed E-state index contributed by atoms with van der Waals surface area (Å²) in [6.07, 6.45) is 1.17. The van der Waals surface area contributed by atoms with E-state index in [2.05, 4.69) is 159 Å². The normalized spacial score (nSPS) is 18.3. The topological polar surface area (TPSA) is 17.1 Å². The highest BCUT2D eigenvalue weighted by molar-refractivity contribution is 7.67. The van der Waals surface area contributed by atoms with E-state index in [0.717, 1.165) is 0 Å². The van der Waals surface area contributed by atoms with Gasteiger partial charge in [0.15, 0.2) is 0 Å². The van der Waals surface area contributed by atoms with E-state index in [-0.39, 0.29) is 11.3 Å². The monoisotopic (exact) mass is 636 g/mol. The first kappa shape index (κ1) is 33.1. The summed E-state index contributed by atoms with van der Waals surface area (Å²) in [5.41, 5.74) is 16.0. The van der Waals surface area contributed by atoms with Crippen LogP contribution in [0.2, 0.25) is 0 Å². The highest BCUT2D eigenvalue weighted by atomic mass is 31.1. The standard InChI is InChI=1S/C45H49OP/c1-28(2)34-18-22-36(23-19-34)41-26-38(46)27-42(37-24-20-35(21-25-37)29(3)4)47(41)45-39(43-30(5)12-9-13-31(43)6)16-11-17-40(45)44-32(7)14-10-15-33(44)8/h9-25,28-29,41-42H,26-27H2,1-8H3. The molecule has 0 bridgehead atoms. The molecule has 0 spiro atoms. The van der Waals surface area contributed by atoms with Crippen molar-refractivity contribution in [1.82, 2.24) is 0 Å². The van der Waals surface area contributed by atoms with Gasteiger partial charge < -0.3 is 0 Å². The molecule has 0 aliphatic carbocycles. The lowest BCUT2D eigenvalue weighted by atomic mass is 9.90. The van der Waals surface area contributed by atoms with Crippen LogP contribution in [-0.2, 0) is 4.79 Å². The third-order valence-corrected chi connectivity index (χ3v) is 13.6. The molecule has 1 heterocycles. The fraction of sp³-hybridized carbons (Fsp3) is 0.311. The maximum absolute atomic E-state index is 13.9. The van der Waals surface area contributed by atoms with Crippen molar-refractivity contribution in [2.75, 3.05) is 0 Å². The lowest BCUT2D eigenvalue weighted by Gasteiger charge is -2.41. The Balaban J connectivity index is 1.70. The lowest BCUT2D eigenvalue weighted by Crippen LogP contribution is -2.26. The number of benzene rings is 5. The Labute approximate surface area is 284 Å². The van der Waals surface area contributed by atoms with Gasteiger partial charge in [-0.25, -0.2) is 0 Å². The van der Waals surface area contributed by atoms with Crippen LogP contribution in [0.15, 0.2) is 103 Å². The van der Waals surface area contributed by atoms with Crippen LogP contribution < -0.4 is 5.30 Å². The summed E-state index contributed by atoms with van der Waals surface area (Å²) in [4.78, 5) is 13.9. The molecule has 1 aliphatic rings. The van der Waals surface area contributed by atoms with E-state index in [0.29, 0.717) is 30.5 Å². The number of rotatable bonds is 7. The quantitative estimate of drug-likeness (QED) is 0.162. The Hall–Kier alpha value is -3.80. The number of hydrogen-bond acceptors (Lipinski definition) is 1. The van der Waals surface area contributed by atoms with Crippen molar-refractivity contribution in [3.05, 3.63) is 148 Å². The molecule has 240 valence electrons. The summed E-state index contributed by atoms with van der Waals surface area (Å²) in [5.74, 6) is 1.30. The molecule has 1 fully saturated rings. The number of Topliss-reactive ketones (excluding diaryl/α,β-unsaturated/α-hetero) is 1. The molecule has 1 nitrogen and oxygen atoms in total. The van der Waals surface area contributed by atoms with Crippen LogP contribution >= 0.6 is 7.92 Å². The second-order valence-electron chi connectivity index (χ2n) is 14.3. The molecular formula is C45H49OP. The molecule has 0 N–H and O–H groups in total. The van der Waals surface area contributed by atoms with E-state index >= 15 is 0 Å². The smallest absolute Gasteiger partial charge is 0.134 e. The molecule has 5 aromatic carbocycles. The van der Waals surface area contributed by atoms with Crippen molar-refractivity contribution >= 4 is 19.0 Å². The van der Waals surface area contributed by atoms with Gasteiger partial charge in [0.2, 0.25) is 0 Å². The van der Waals surface area contributed by atoms with Crippen molar-refractivity contribution in [3.8, 4) is 22.3 Å². The molecule has 2 heteroatoms. The molecule has 2 unspecified atom stereocenters. The highest BCUT2D eigenvalue weighted by Crippen LogP contribution is 2.68. The van der Waals surface area contributed by atoms with Crippen molar-refractivity contribution in [2.24, 2.45) is 0 Å². The average molecular weight is 637 g/mol. The van der Waals surface area contributed by atoms with Gasteiger partial charge in [0.25, 0.3) is 0 Å². The first-order valence-corrected chi connectivity index (χ1v) is 18.8. The van der Waals surface area contributed by atoms with Gasteiger partial charge in [0.05, 0.1) is 0 Å². The van der Waals surface area contributed by atoms with Gasteiger partial charge in [-0.05, 0) is 112 Å². The zero-order valence-electron chi connectivity index (χ0n) is 29.4. The third kappa shape index (κ3) is 6.53. The van der Waals surface area contributed by atoms with Crippen molar-refractivity contribution < 1.29 is 4.79 Å². The van der Waals surface area contributed by atoms with Crippen LogP contribution in [-0.4, -0.2) is 5.78 Å². The minimum absolute atomic E-state index is 0.121. The molecule has 1 aliphatic heterocycles. The van der Waals surface area contributed by atoms with Crippen molar-refractivity contribution in [3.63, 3.8) is 0 Å². The van der Waals surface area contributed by atoms with Gasteiger partial charge in [0, 0.05) is 24.2 Å². The summed E-state index contributed by atoms with van der Waals surface area (Å²) in [7, 11) is -0.882. The van der Waals surface area contributed by atoms with Crippen LogP contribution in [0.25, 0.3) is 22.3 Å². The average Bonchev–Trinajstić information content (AvgIpc) is 3.04. The van der Waals surface area contributed by atoms with Gasteiger partial charge in [0.1, 0.15) is 5.78 Å². The summed E-state index contributed by atoms with van der Waals surface area (Å²) < 4.78 is 0. The van der Waals surface area contributed by atoms with Crippen LogP contribution in [0.1, 0.15) is 108 Å². The molecule has 47 heavy (non-hydrogen) atoms. The maximum Gasteiger partial charge on any atom is 0.134 e. The number of hydrogen-bond donors (Lipinski definition) is 0. The minimum atomic E-state index is -0.882. The van der Waals surface area contributed by atoms with Crippen LogP contribution in [0, 0.1) is 27.7 Å². The molecule has 0 aromatic heterocycles. The van der Waals surface area contributed by atoms with Crippen LogP contribution in [0.4, 0.5) is 0 Å². The lowest BCUT2D eigenvalue weighted by molar-refractivity contribution is -0.119. The van der Waals surface area contributed by atoms with Gasteiger partial charge in [-0.15, -0.1) is 0 Å². The van der Waals surface area contributed by atoms with Crippen LogP contribution in [0.5, 0.6) is 0 Å². The Bertz CT molecular complexity index is 1720. The second-order valence-corrected chi connectivity index (χ2v) is 16.8. The summed E-state index contributed by atoms with van der Waals surface area (Å²) in [6, 6.07) is 38.8. The van der Waals surface area contributed by atoms with Gasteiger partial charge in [-0.2, -0.15) is 0 Å². The van der Waals surface area contributed by atoms with Crippen LogP contribution in [0.3, 0.4) is 0 Å². The van der Waals surface area contributed by atoms with Crippen molar-refractivity contribution in [2.45, 2.75) is 91.4 Å². The number of ketones is 1. The Morgan fingerprint density at radius 3 is 1.19 bits per heavy atom. The van der Waals surface area contributed by atoms with Gasteiger partial charge in [-0.3, -0.25) is 4.79 Å². The fourth-order valence-corrected chi connectivity index (χ4v) is 11.5. The zero-order chi connectivity index (χ0) is 33.4. The van der Waals surface area contributed by atoms with E-state index in [4.69, 9.17) is 0 Å². The number of aryl methyl sites for hydroxylation is 4. The molecule has 5 aromatic rings. The maximum atomic E-state index is 13.9. The largest absolute Gasteiger partial charge is 0.300 e. The van der Waals surface area contributed by atoms with E-state index in [1.807, 2.05) is 0 Å². The predicted octanol–water partition coefficient (Wildman–Crippen LogP) is 12.5. The Morgan fingerprint density at radius 1 is 0.511 bits per heavy atom. The molecule has 0 radical (unpaired) electrons. The second kappa shape index (κ2) is 13.7. The van der Waals surface area contributed by atoms with E-state index in [1.54, 1.807) is 0 Å². The molecule has 1 saturated heterocycles.